The van der Waals surface area contributed by atoms with Crippen LogP contribution in [0.2, 0.25) is 0 Å². The van der Waals surface area contributed by atoms with E-state index in [-0.39, 0.29) is 23.0 Å². The van der Waals surface area contributed by atoms with Crippen LogP contribution < -0.4 is 10.3 Å². The molecule has 176 valence electrons. The Balaban J connectivity index is 1.45. The first kappa shape index (κ1) is 23.7. The maximum Gasteiger partial charge on any atom is 0.387 e. The monoisotopic (exact) mass is 493 g/mol. The second-order valence-electron chi connectivity index (χ2n) is 7.90. The number of hydrogen-bond acceptors (Lipinski definition) is 6. The molecule has 10 heteroatoms. The summed E-state index contributed by atoms with van der Waals surface area (Å²) in [7, 11) is 1.68. The van der Waals surface area contributed by atoms with Crippen molar-refractivity contribution in [2.45, 2.75) is 57.5 Å². The summed E-state index contributed by atoms with van der Waals surface area (Å²) in [6.45, 7) is -0.136. The number of halogens is 2. The van der Waals surface area contributed by atoms with E-state index in [0.29, 0.717) is 18.2 Å². The Labute approximate surface area is 198 Å². The van der Waals surface area contributed by atoms with Crippen LogP contribution in [-0.2, 0) is 30.7 Å². The van der Waals surface area contributed by atoms with Crippen molar-refractivity contribution in [3.8, 4) is 5.75 Å². The van der Waals surface area contributed by atoms with Gasteiger partial charge in [0.1, 0.15) is 10.6 Å². The van der Waals surface area contributed by atoms with Crippen LogP contribution in [0.5, 0.6) is 5.75 Å². The summed E-state index contributed by atoms with van der Waals surface area (Å²) < 4.78 is 30.6. The van der Waals surface area contributed by atoms with Crippen LogP contribution in [0, 0.1) is 0 Å². The third-order valence-electron chi connectivity index (χ3n) is 5.67. The first-order valence-electron chi connectivity index (χ1n) is 10.8. The number of carbonyl (C=O) groups excluding carboxylic acids is 1. The van der Waals surface area contributed by atoms with Gasteiger partial charge in [-0.05, 0) is 55.9 Å². The van der Waals surface area contributed by atoms with Crippen LogP contribution in [0.3, 0.4) is 0 Å². The summed E-state index contributed by atoms with van der Waals surface area (Å²) in [6, 6.07) is 6.21. The summed E-state index contributed by atoms with van der Waals surface area (Å²) in [5.74, 6) is 0.106. The first-order chi connectivity index (χ1) is 15.9. The number of thioether (sulfide) groups is 1. The molecule has 6 nitrogen and oxygen atoms in total. The Hall–Kier alpha value is -2.46. The van der Waals surface area contributed by atoms with Crippen LogP contribution in [0.15, 0.2) is 34.2 Å². The highest BCUT2D eigenvalue weighted by Gasteiger charge is 2.22. The molecule has 1 amide bonds. The van der Waals surface area contributed by atoms with Crippen molar-refractivity contribution in [1.29, 1.82) is 0 Å². The molecule has 0 saturated carbocycles. The Morgan fingerprint density at radius 3 is 2.70 bits per heavy atom. The average Bonchev–Trinajstić information content (AvgIpc) is 3.17. The van der Waals surface area contributed by atoms with Gasteiger partial charge in [0.15, 0.2) is 5.16 Å². The molecule has 0 atom stereocenters. The van der Waals surface area contributed by atoms with E-state index in [1.165, 1.54) is 34.3 Å². The van der Waals surface area contributed by atoms with E-state index in [9.17, 15) is 18.4 Å². The standard InChI is InChI=1S/C23H25F2N3O3S2/c1-3-28-21(30)19-16-6-4-5-7-17(16)33-20(19)26-23(28)32-13-18(29)27(2)12-14-8-10-15(11-9-14)31-22(24)25/h8-11,22H,3-7,12-13H2,1-2H3. The Morgan fingerprint density at radius 2 is 2.00 bits per heavy atom. The van der Waals surface area contributed by atoms with Gasteiger partial charge in [-0.2, -0.15) is 8.78 Å². The SMILES string of the molecule is CCn1c(SCC(=O)N(C)Cc2ccc(OC(F)F)cc2)nc2sc3c(c2c1=O)CCCC3. The minimum atomic E-state index is -2.87. The molecule has 0 radical (unpaired) electrons. The molecular formula is C23H25F2N3O3S2. The molecule has 0 fully saturated rings. The van der Waals surface area contributed by atoms with E-state index in [1.54, 1.807) is 40.0 Å². The third kappa shape index (κ3) is 5.22. The minimum absolute atomic E-state index is 0.0173. The van der Waals surface area contributed by atoms with Gasteiger partial charge >= 0.3 is 6.61 Å². The van der Waals surface area contributed by atoms with Crippen molar-refractivity contribution >= 4 is 39.2 Å². The van der Waals surface area contributed by atoms with Gasteiger partial charge in [-0.25, -0.2) is 4.98 Å². The number of aryl methyl sites for hydroxylation is 2. The van der Waals surface area contributed by atoms with E-state index >= 15 is 0 Å². The van der Waals surface area contributed by atoms with Crippen LogP contribution in [-0.4, -0.2) is 39.8 Å². The zero-order valence-electron chi connectivity index (χ0n) is 18.5. The summed E-state index contributed by atoms with van der Waals surface area (Å²) >= 11 is 2.87. The van der Waals surface area contributed by atoms with Crippen molar-refractivity contribution in [3.05, 3.63) is 50.6 Å². The number of aromatic nitrogens is 2. The van der Waals surface area contributed by atoms with E-state index in [0.717, 1.165) is 41.5 Å². The molecule has 0 unspecified atom stereocenters. The van der Waals surface area contributed by atoms with Gasteiger partial charge in [0, 0.05) is 25.0 Å². The third-order valence-corrected chi connectivity index (χ3v) is 7.82. The second-order valence-corrected chi connectivity index (χ2v) is 9.92. The molecule has 2 aromatic heterocycles. The van der Waals surface area contributed by atoms with E-state index < -0.39 is 6.61 Å². The van der Waals surface area contributed by atoms with Crippen molar-refractivity contribution in [2.24, 2.45) is 0 Å². The van der Waals surface area contributed by atoms with Gasteiger partial charge in [0.25, 0.3) is 5.56 Å². The lowest BCUT2D eigenvalue weighted by Crippen LogP contribution is -2.28. The van der Waals surface area contributed by atoms with E-state index in [1.807, 2.05) is 6.92 Å². The quantitative estimate of drug-likeness (QED) is 0.336. The Morgan fingerprint density at radius 1 is 1.27 bits per heavy atom. The number of nitrogens with zero attached hydrogens (tertiary/aromatic N) is 3. The number of carbonyl (C=O) groups is 1. The fraction of sp³-hybridized carbons (Fsp3) is 0.435. The lowest BCUT2D eigenvalue weighted by Gasteiger charge is -2.18. The van der Waals surface area contributed by atoms with Gasteiger partial charge in [-0.15, -0.1) is 11.3 Å². The molecular weight excluding hydrogens is 468 g/mol. The Kier molecular flexibility index (Phi) is 7.33. The number of amides is 1. The molecule has 0 N–H and O–H groups in total. The number of hydrogen-bond donors (Lipinski definition) is 0. The highest BCUT2D eigenvalue weighted by Crippen LogP contribution is 2.34. The molecule has 1 aliphatic carbocycles. The molecule has 4 rings (SSSR count). The lowest BCUT2D eigenvalue weighted by atomic mass is 9.97. The smallest absolute Gasteiger partial charge is 0.387 e. The van der Waals surface area contributed by atoms with Crippen molar-refractivity contribution in [3.63, 3.8) is 0 Å². The molecule has 0 bridgehead atoms. The number of benzene rings is 1. The van der Waals surface area contributed by atoms with Crippen molar-refractivity contribution < 1.29 is 18.3 Å². The molecule has 0 aliphatic heterocycles. The summed E-state index contributed by atoms with van der Waals surface area (Å²) in [6.07, 6.45) is 4.18. The Bertz CT molecular complexity index is 1210. The normalized spacial score (nSPS) is 13.4. The first-order valence-corrected chi connectivity index (χ1v) is 12.6. The van der Waals surface area contributed by atoms with Crippen LogP contribution in [0.1, 0.15) is 35.8 Å². The number of thiophene rings is 1. The second kappa shape index (κ2) is 10.2. The molecule has 1 aromatic carbocycles. The van der Waals surface area contributed by atoms with E-state index in [2.05, 4.69) is 4.74 Å². The fourth-order valence-corrected chi connectivity index (χ4v) is 6.29. The summed E-state index contributed by atoms with van der Waals surface area (Å²) in [4.78, 5) is 34.3. The van der Waals surface area contributed by atoms with Crippen LogP contribution in [0.4, 0.5) is 8.78 Å². The molecule has 2 heterocycles. The number of rotatable bonds is 8. The van der Waals surface area contributed by atoms with Gasteiger partial charge in [0.05, 0.1) is 11.1 Å². The molecule has 0 saturated heterocycles. The maximum absolute atomic E-state index is 13.2. The number of ether oxygens (including phenoxy) is 1. The topological polar surface area (TPSA) is 64.4 Å². The highest BCUT2D eigenvalue weighted by molar-refractivity contribution is 7.99. The molecule has 33 heavy (non-hydrogen) atoms. The predicted molar refractivity (Wildman–Crippen MR) is 126 cm³/mol. The van der Waals surface area contributed by atoms with Crippen molar-refractivity contribution in [1.82, 2.24) is 14.5 Å². The predicted octanol–water partition coefficient (Wildman–Crippen LogP) is 4.71. The zero-order chi connectivity index (χ0) is 23.5. The minimum Gasteiger partial charge on any atom is -0.435 e. The van der Waals surface area contributed by atoms with Gasteiger partial charge in [-0.3, -0.25) is 14.2 Å². The molecule has 3 aromatic rings. The van der Waals surface area contributed by atoms with Crippen LogP contribution in [0.25, 0.3) is 10.2 Å². The zero-order valence-corrected chi connectivity index (χ0v) is 20.1. The van der Waals surface area contributed by atoms with Gasteiger partial charge < -0.3 is 9.64 Å². The van der Waals surface area contributed by atoms with Gasteiger partial charge in [0.2, 0.25) is 5.91 Å². The highest BCUT2D eigenvalue weighted by atomic mass is 32.2. The van der Waals surface area contributed by atoms with Gasteiger partial charge in [-0.1, -0.05) is 23.9 Å². The number of fused-ring (bicyclic) bond motifs is 3. The van der Waals surface area contributed by atoms with Crippen molar-refractivity contribution in [2.75, 3.05) is 12.8 Å². The fourth-order valence-electron chi connectivity index (χ4n) is 3.98. The largest absolute Gasteiger partial charge is 0.435 e. The van der Waals surface area contributed by atoms with E-state index in [4.69, 9.17) is 4.98 Å². The lowest BCUT2D eigenvalue weighted by molar-refractivity contribution is -0.127. The van der Waals surface area contributed by atoms with Crippen LogP contribution >= 0.6 is 23.1 Å². The average molecular weight is 494 g/mol. The summed E-state index contributed by atoms with van der Waals surface area (Å²) in [5.41, 5.74) is 1.95. The maximum atomic E-state index is 13.2. The summed E-state index contributed by atoms with van der Waals surface area (Å²) in [5, 5.41) is 1.31. The number of alkyl halides is 2. The molecule has 1 aliphatic rings. The molecule has 0 spiro atoms.